The number of nitrogens with zero attached hydrogens (tertiary/aromatic N) is 1. The van der Waals surface area contributed by atoms with Gasteiger partial charge in [0.25, 0.3) is 0 Å². The van der Waals surface area contributed by atoms with Gasteiger partial charge in [0.2, 0.25) is 5.91 Å². The van der Waals surface area contributed by atoms with Crippen LogP contribution in [-0.4, -0.2) is 61.3 Å². The van der Waals surface area contributed by atoms with E-state index in [9.17, 15) is 14.7 Å². The van der Waals surface area contributed by atoms with E-state index in [0.29, 0.717) is 19.4 Å². The average Bonchev–Trinajstić information content (AvgIpc) is 2.50. The summed E-state index contributed by atoms with van der Waals surface area (Å²) in [7, 11) is 0. The maximum atomic E-state index is 12.4. The normalized spacial score (nSPS) is 26.8. The number of allylic oxidation sites excluding steroid dienone is 2. The zero-order valence-corrected chi connectivity index (χ0v) is 13.4. The van der Waals surface area contributed by atoms with Gasteiger partial charge in [-0.2, -0.15) is 0 Å². The summed E-state index contributed by atoms with van der Waals surface area (Å²) >= 11 is 0. The Morgan fingerprint density at radius 2 is 1.77 bits per heavy atom. The van der Waals surface area contributed by atoms with Crippen molar-refractivity contribution in [1.29, 1.82) is 0 Å². The molecule has 1 saturated heterocycles. The number of rotatable bonds is 5. The van der Waals surface area contributed by atoms with Gasteiger partial charge in [0, 0.05) is 26.2 Å². The van der Waals surface area contributed by atoms with E-state index >= 15 is 0 Å². The van der Waals surface area contributed by atoms with Gasteiger partial charge in [-0.25, -0.2) is 0 Å². The van der Waals surface area contributed by atoms with Gasteiger partial charge < -0.3 is 15.2 Å². The van der Waals surface area contributed by atoms with Crippen molar-refractivity contribution in [1.82, 2.24) is 10.2 Å². The molecule has 2 N–H and O–H groups in total. The molecule has 0 unspecified atom stereocenters. The van der Waals surface area contributed by atoms with E-state index in [1.54, 1.807) is 0 Å². The van der Waals surface area contributed by atoms with Crippen molar-refractivity contribution >= 4 is 11.9 Å². The second-order valence-corrected chi connectivity index (χ2v) is 6.27. The molecule has 0 saturated carbocycles. The summed E-state index contributed by atoms with van der Waals surface area (Å²) in [6.45, 7) is 8.54. The predicted molar refractivity (Wildman–Crippen MR) is 82.5 cm³/mol. The zero-order valence-electron chi connectivity index (χ0n) is 13.4. The minimum Gasteiger partial charge on any atom is -0.481 e. The van der Waals surface area contributed by atoms with E-state index in [4.69, 9.17) is 4.74 Å². The lowest BCUT2D eigenvalue weighted by molar-refractivity contribution is -0.147. The van der Waals surface area contributed by atoms with Gasteiger partial charge in [-0.1, -0.05) is 11.1 Å². The fourth-order valence-corrected chi connectivity index (χ4v) is 3.12. The quantitative estimate of drug-likeness (QED) is 0.737. The molecule has 0 aromatic carbocycles. The SMILES string of the molecule is CC1=C(C)C[C@@H](C(=O)O)[C@@H](C(=O)NCCN2CCOCC2)C1. The molecule has 0 aromatic rings. The molecule has 0 aromatic heterocycles. The van der Waals surface area contributed by atoms with Gasteiger partial charge in [0.1, 0.15) is 0 Å². The fraction of sp³-hybridized carbons (Fsp3) is 0.750. The Kier molecular flexibility index (Phi) is 5.97. The Hall–Kier alpha value is -1.40. The lowest BCUT2D eigenvalue weighted by Gasteiger charge is -2.30. The Bertz CT molecular complexity index is 455. The minimum atomic E-state index is -0.875. The first kappa shape index (κ1) is 17.0. The highest BCUT2D eigenvalue weighted by molar-refractivity contribution is 5.85. The van der Waals surface area contributed by atoms with E-state index in [-0.39, 0.29) is 5.91 Å². The first-order valence-corrected chi connectivity index (χ1v) is 7.95. The van der Waals surface area contributed by atoms with E-state index in [0.717, 1.165) is 44.0 Å². The number of aliphatic carboxylic acids is 1. The predicted octanol–water partition coefficient (Wildman–Crippen LogP) is 0.882. The Morgan fingerprint density at radius 3 is 2.36 bits per heavy atom. The van der Waals surface area contributed by atoms with Crippen molar-refractivity contribution < 1.29 is 19.4 Å². The Morgan fingerprint density at radius 1 is 1.18 bits per heavy atom. The number of hydrogen-bond acceptors (Lipinski definition) is 4. The summed E-state index contributed by atoms with van der Waals surface area (Å²) in [6, 6.07) is 0. The summed E-state index contributed by atoms with van der Waals surface area (Å²) in [5.74, 6) is -2.06. The van der Waals surface area contributed by atoms with Crippen LogP contribution in [0.3, 0.4) is 0 Å². The van der Waals surface area contributed by atoms with Crippen LogP contribution in [0.5, 0.6) is 0 Å². The third-order valence-electron chi connectivity index (χ3n) is 4.75. The number of carbonyl (C=O) groups is 2. The summed E-state index contributed by atoms with van der Waals surface area (Å²) in [4.78, 5) is 26.0. The highest BCUT2D eigenvalue weighted by Gasteiger charge is 2.37. The second-order valence-electron chi connectivity index (χ2n) is 6.27. The van der Waals surface area contributed by atoms with Crippen LogP contribution in [0.15, 0.2) is 11.1 Å². The summed E-state index contributed by atoms with van der Waals surface area (Å²) < 4.78 is 5.29. The van der Waals surface area contributed by atoms with Gasteiger partial charge in [0.15, 0.2) is 0 Å². The highest BCUT2D eigenvalue weighted by atomic mass is 16.5. The molecule has 22 heavy (non-hydrogen) atoms. The molecular weight excluding hydrogens is 284 g/mol. The standard InChI is InChI=1S/C16H26N2O4/c1-11-9-13(14(16(20)21)10-12(11)2)15(19)17-3-4-18-5-7-22-8-6-18/h13-14H,3-10H2,1-2H3,(H,17,19)(H,20,21)/t13-,14+/m0/s1. The maximum Gasteiger partial charge on any atom is 0.307 e. The number of nitrogens with one attached hydrogen (secondary N) is 1. The third kappa shape index (κ3) is 4.30. The van der Waals surface area contributed by atoms with Crippen molar-refractivity contribution in [2.24, 2.45) is 11.8 Å². The first-order chi connectivity index (χ1) is 10.5. The highest BCUT2D eigenvalue weighted by Crippen LogP contribution is 2.34. The number of morpholine rings is 1. The monoisotopic (exact) mass is 310 g/mol. The number of amides is 1. The molecule has 6 heteroatoms. The Balaban J connectivity index is 1.85. The zero-order chi connectivity index (χ0) is 16.1. The summed E-state index contributed by atoms with van der Waals surface area (Å²) in [5, 5.41) is 12.3. The molecule has 1 amide bonds. The lowest BCUT2D eigenvalue weighted by atomic mass is 9.76. The topological polar surface area (TPSA) is 78.9 Å². The van der Waals surface area contributed by atoms with Crippen LogP contribution in [0.25, 0.3) is 0 Å². The molecule has 1 aliphatic heterocycles. The molecule has 6 nitrogen and oxygen atoms in total. The van der Waals surface area contributed by atoms with Crippen molar-refractivity contribution in [3.63, 3.8) is 0 Å². The average molecular weight is 310 g/mol. The van der Waals surface area contributed by atoms with Crippen LogP contribution < -0.4 is 5.32 Å². The molecule has 2 atom stereocenters. The van der Waals surface area contributed by atoms with Crippen LogP contribution >= 0.6 is 0 Å². The molecule has 0 radical (unpaired) electrons. The smallest absolute Gasteiger partial charge is 0.307 e. The van der Waals surface area contributed by atoms with Gasteiger partial charge in [-0.05, 0) is 26.7 Å². The summed E-state index contributed by atoms with van der Waals surface area (Å²) in [5.41, 5.74) is 2.25. The van der Waals surface area contributed by atoms with Crippen LogP contribution in [0, 0.1) is 11.8 Å². The number of carboxylic acid groups (broad SMARTS) is 1. The molecule has 2 rings (SSSR count). The fourth-order valence-electron chi connectivity index (χ4n) is 3.12. The molecule has 1 heterocycles. The molecule has 1 aliphatic carbocycles. The molecule has 2 aliphatic rings. The molecular formula is C16H26N2O4. The minimum absolute atomic E-state index is 0.132. The number of carbonyl (C=O) groups excluding carboxylic acids is 1. The summed E-state index contributed by atoms with van der Waals surface area (Å²) in [6.07, 6.45) is 1.02. The van der Waals surface area contributed by atoms with Crippen LogP contribution in [0.2, 0.25) is 0 Å². The molecule has 0 spiro atoms. The Labute approximate surface area is 131 Å². The van der Waals surface area contributed by atoms with Gasteiger partial charge >= 0.3 is 5.97 Å². The van der Waals surface area contributed by atoms with Crippen molar-refractivity contribution in [2.45, 2.75) is 26.7 Å². The van der Waals surface area contributed by atoms with E-state index in [2.05, 4.69) is 10.2 Å². The maximum absolute atomic E-state index is 12.4. The van der Waals surface area contributed by atoms with Gasteiger partial charge in [-0.15, -0.1) is 0 Å². The van der Waals surface area contributed by atoms with Gasteiger partial charge in [0.05, 0.1) is 25.0 Å². The van der Waals surface area contributed by atoms with E-state index in [1.165, 1.54) is 0 Å². The van der Waals surface area contributed by atoms with Crippen molar-refractivity contribution in [3.05, 3.63) is 11.1 Å². The lowest BCUT2D eigenvalue weighted by Crippen LogP contribution is -2.44. The molecule has 1 fully saturated rings. The molecule has 124 valence electrons. The number of ether oxygens (including phenoxy) is 1. The van der Waals surface area contributed by atoms with Crippen molar-refractivity contribution in [3.8, 4) is 0 Å². The third-order valence-corrected chi connectivity index (χ3v) is 4.75. The van der Waals surface area contributed by atoms with Crippen LogP contribution in [-0.2, 0) is 14.3 Å². The number of carboxylic acids is 1. The largest absolute Gasteiger partial charge is 0.481 e. The number of hydrogen-bond donors (Lipinski definition) is 2. The second kappa shape index (κ2) is 7.74. The first-order valence-electron chi connectivity index (χ1n) is 7.95. The molecule has 0 bridgehead atoms. The van der Waals surface area contributed by atoms with E-state index < -0.39 is 17.8 Å². The van der Waals surface area contributed by atoms with Crippen LogP contribution in [0.4, 0.5) is 0 Å². The van der Waals surface area contributed by atoms with Gasteiger partial charge in [-0.3, -0.25) is 14.5 Å². The van der Waals surface area contributed by atoms with E-state index in [1.807, 2.05) is 13.8 Å². The van der Waals surface area contributed by atoms with Crippen molar-refractivity contribution in [2.75, 3.05) is 39.4 Å². The van der Waals surface area contributed by atoms with Crippen LogP contribution in [0.1, 0.15) is 26.7 Å².